The van der Waals surface area contributed by atoms with Crippen molar-refractivity contribution in [1.29, 1.82) is 0 Å². The van der Waals surface area contributed by atoms with Crippen molar-refractivity contribution in [1.82, 2.24) is 35.1 Å². The van der Waals surface area contributed by atoms with Crippen molar-refractivity contribution in [2.24, 2.45) is 0 Å². The van der Waals surface area contributed by atoms with Gasteiger partial charge in [0.2, 0.25) is 0 Å². The SMILES string of the molecule is CCC(C)(C)n1nnnc1[C@@H](c1cc2cc(C)cc(C)c2[nH]c1=O)N(Cc1ccccc1)Cc1cccnc1. The van der Waals surface area contributed by atoms with E-state index in [2.05, 4.69) is 88.4 Å². The highest BCUT2D eigenvalue weighted by molar-refractivity contribution is 5.83. The lowest BCUT2D eigenvalue weighted by molar-refractivity contribution is 0.180. The van der Waals surface area contributed by atoms with Crippen LogP contribution in [-0.2, 0) is 18.6 Å². The van der Waals surface area contributed by atoms with Crippen LogP contribution in [0.15, 0.2) is 77.9 Å². The normalized spacial score (nSPS) is 12.8. The molecule has 8 nitrogen and oxygen atoms in total. The first kappa shape index (κ1) is 26.4. The summed E-state index contributed by atoms with van der Waals surface area (Å²) in [7, 11) is 0. The van der Waals surface area contributed by atoms with E-state index < -0.39 is 6.04 Å². The van der Waals surface area contributed by atoms with Crippen LogP contribution in [0.5, 0.6) is 0 Å². The first-order valence-corrected chi connectivity index (χ1v) is 13.4. The first-order chi connectivity index (χ1) is 18.8. The summed E-state index contributed by atoms with van der Waals surface area (Å²) in [4.78, 5) is 23.7. The predicted molar refractivity (Wildman–Crippen MR) is 153 cm³/mol. The summed E-state index contributed by atoms with van der Waals surface area (Å²) < 4.78 is 1.88. The highest BCUT2D eigenvalue weighted by Crippen LogP contribution is 2.33. The average Bonchev–Trinajstić information content (AvgIpc) is 3.41. The molecule has 1 atom stereocenters. The molecule has 2 aromatic carbocycles. The van der Waals surface area contributed by atoms with Crippen molar-refractivity contribution in [3.05, 3.63) is 117 Å². The lowest BCUT2D eigenvalue weighted by Gasteiger charge is -2.33. The Morgan fingerprint density at radius 2 is 1.74 bits per heavy atom. The lowest BCUT2D eigenvalue weighted by Crippen LogP contribution is -2.38. The fourth-order valence-electron chi connectivity index (χ4n) is 5.13. The van der Waals surface area contributed by atoms with Gasteiger partial charge in [-0.15, -0.1) is 5.10 Å². The van der Waals surface area contributed by atoms with Gasteiger partial charge in [-0.1, -0.05) is 55.0 Å². The molecular weight excluding hydrogens is 486 g/mol. The molecule has 5 aromatic rings. The van der Waals surface area contributed by atoms with Crippen LogP contribution in [0.3, 0.4) is 0 Å². The van der Waals surface area contributed by atoms with E-state index in [1.807, 2.05) is 48.1 Å². The molecule has 8 heteroatoms. The number of rotatable bonds is 9. The Kier molecular flexibility index (Phi) is 7.39. The molecule has 0 aliphatic carbocycles. The average molecular weight is 522 g/mol. The van der Waals surface area contributed by atoms with E-state index in [-0.39, 0.29) is 11.1 Å². The minimum atomic E-state index is -0.514. The number of aromatic amines is 1. The molecule has 200 valence electrons. The Balaban J connectivity index is 1.76. The fraction of sp³-hybridized carbons (Fsp3) is 0.323. The summed E-state index contributed by atoms with van der Waals surface area (Å²) in [6.45, 7) is 11.6. The maximum absolute atomic E-state index is 13.9. The Bertz CT molecular complexity index is 1580. The van der Waals surface area contributed by atoms with Crippen molar-refractivity contribution < 1.29 is 0 Å². The molecule has 0 aliphatic heterocycles. The van der Waals surface area contributed by atoms with Gasteiger partial charge >= 0.3 is 0 Å². The summed E-state index contributed by atoms with van der Waals surface area (Å²) in [6.07, 6.45) is 4.46. The zero-order chi connectivity index (χ0) is 27.6. The molecule has 0 aliphatic rings. The van der Waals surface area contributed by atoms with Gasteiger partial charge in [0, 0.05) is 31.0 Å². The Hall–Kier alpha value is -4.17. The third-order valence-electron chi connectivity index (χ3n) is 7.50. The molecule has 39 heavy (non-hydrogen) atoms. The summed E-state index contributed by atoms with van der Waals surface area (Å²) in [5, 5.41) is 14.1. The van der Waals surface area contributed by atoms with Gasteiger partial charge in [-0.25, -0.2) is 4.68 Å². The van der Waals surface area contributed by atoms with Gasteiger partial charge in [0.1, 0.15) is 6.04 Å². The maximum atomic E-state index is 13.9. The number of benzene rings is 2. The maximum Gasteiger partial charge on any atom is 0.253 e. The van der Waals surface area contributed by atoms with Crippen LogP contribution in [0.1, 0.15) is 66.9 Å². The van der Waals surface area contributed by atoms with Gasteiger partial charge in [0.15, 0.2) is 5.82 Å². The minimum Gasteiger partial charge on any atom is -0.321 e. The quantitative estimate of drug-likeness (QED) is 0.277. The Labute approximate surface area is 228 Å². The highest BCUT2D eigenvalue weighted by Gasteiger charge is 2.34. The molecule has 0 unspecified atom stereocenters. The molecule has 0 saturated heterocycles. The van der Waals surface area contributed by atoms with E-state index in [1.54, 1.807) is 6.20 Å². The van der Waals surface area contributed by atoms with Crippen LogP contribution in [0.4, 0.5) is 0 Å². The Morgan fingerprint density at radius 3 is 2.46 bits per heavy atom. The topological polar surface area (TPSA) is 92.6 Å². The number of nitrogens with one attached hydrogen (secondary N) is 1. The number of H-pyrrole nitrogens is 1. The van der Waals surface area contributed by atoms with Crippen LogP contribution >= 0.6 is 0 Å². The second kappa shape index (κ2) is 10.9. The highest BCUT2D eigenvalue weighted by atomic mass is 16.1. The minimum absolute atomic E-state index is 0.146. The molecule has 5 rings (SSSR count). The number of aryl methyl sites for hydroxylation is 2. The van der Waals surface area contributed by atoms with E-state index in [0.717, 1.165) is 39.6 Å². The summed E-state index contributed by atoms with van der Waals surface area (Å²) in [5.74, 6) is 0.635. The van der Waals surface area contributed by atoms with Crippen LogP contribution < -0.4 is 5.56 Å². The first-order valence-electron chi connectivity index (χ1n) is 13.4. The third kappa shape index (κ3) is 5.52. The molecule has 0 spiro atoms. The number of hydrogen-bond acceptors (Lipinski definition) is 6. The van der Waals surface area contributed by atoms with E-state index in [4.69, 9.17) is 0 Å². The fourth-order valence-corrected chi connectivity index (χ4v) is 5.13. The van der Waals surface area contributed by atoms with Crippen molar-refractivity contribution in [3.8, 4) is 0 Å². The van der Waals surface area contributed by atoms with Crippen molar-refractivity contribution in [2.45, 2.75) is 65.7 Å². The van der Waals surface area contributed by atoms with Crippen molar-refractivity contribution in [2.75, 3.05) is 0 Å². The smallest absolute Gasteiger partial charge is 0.253 e. The molecule has 0 saturated carbocycles. The van der Waals surface area contributed by atoms with Crippen LogP contribution in [-0.4, -0.2) is 35.1 Å². The third-order valence-corrected chi connectivity index (χ3v) is 7.50. The zero-order valence-electron chi connectivity index (χ0n) is 23.2. The number of tetrazole rings is 1. The van der Waals surface area contributed by atoms with Gasteiger partial charge < -0.3 is 4.98 Å². The number of hydrogen-bond donors (Lipinski definition) is 1. The second-order valence-electron chi connectivity index (χ2n) is 10.9. The van der Waals surface area contributed by atoms with Gasteiger partial charge in [0.05, 0.1) is 11.1 Å². The number of nitrogens with zero attached hydrogens (tertiary/aromatic N) is 6. The monoisotopic (exact) mass is 521 g/mol. The van der Waals surface area contributed by atoms with E-state index in [9.17, 15) is 4.79 Å². The van der Waals surface area contributed by atoms with E-state index in [1.165, 1.54) is 0 Å². The largest absolute Gasteiger partial charge is 0.321 e. The van der Waals surface area contributed by atoms with Crippen LogP contribution in [0, 0.1) is 13.8 Å². The molecule has 0 amide bonds. The molecule has 0 fully saturated rings. The molecular formula is C31H35N7O. The van der Waals surface area contributed by atoms with Gasteiger partial charge in [-0.3, -0.25) is 14.7 Å². The predicted octanol–water partition coefficient (Wildman–Crippen LogP) is 5.46. The molecule has 1 N–H and O–H groups in total. The number of aromatic nitrogens is 6. The standard InChI is InChI=1S/C31H35N7O/c1-6-31(4,5)38-29(34-35-36-38)28(26-17-25-16-21(2)15-22(3)27(25)33-30(26)39)37(19-23-11-8-7-9-12-23)20-24-13-10-14-32-18-24/h7-18,28H,6,19-20H2,1-5H3,(H,33,39)/t28-/m1/s1. The summed E-state index contributed by atoms with van der Waals surface area (Å²) >= 11 is 0. The summed E-state index contributed by atoms with van der Waals surface area (Å²) in [5.41, 5.74) is 5.31. The molecule has 0 bridgehead atoms. The molecule has 0 radical (unpaired) electrons. The van der Waals surface area contributed by atoms with Crippen LogP contribution in [0.25, 0.3) is 10.9 Å². The Morgan fingerprint density at radius 1 is 1.00 bits per heavy atom. The molecule has 3 heterocycles. The van der Waals surface area contributed by atoms with E-state index in [0.29, 0.717) is 24.5 Å². The van der Waals surface area contributed by atoms with E-state index >= 15 is 0 Å². The van der Waals surface area contributed by atoms with Crippen LogP contribution in [0.2, 0.25) is 0 Å². The van der Waals surface area contributed by atoms with Gasteiger partial charge in [-0.05, 0) is 84.8 Å². The van der Waals surface area contributed by atoms with Crippen molar-refractivity contribution in [3.63, 3.8) is 0 Å². The zero-order valence-corrected chi connectivity index (χ0v) is 23.2. The second-order valence-corrected chi connectivity index (χ2v) is 10.9. The molecule has 3 aromatic heterocycles. The van der Waals surface area contributed by atoms with Gasteiger partial charge in [-0.2, -0.15) is 0 Å². The number of pyridine rings is 2. The summed E-state index contributed by atoms with van der Waals surface area (Å²) in [6, 6.07) is 20.0. The lowest BCUT2D eigenvalue weighted by atomic mass is 9.97. The van der Waals surface area contributed by atoms with Crippen molar-refractivity contribution >= 4 is 10.9 Å². The van der Waals surface area contributed by atoms with Gasteiger partial charge in [0.25, 0.3) is 5.56 Å². The number of fused-ring (bicyclic) bond motifs is 1.